The zero-order valence-corrected chi connectivity index (χ0v) is 20.8. The lowest BCUT2D eigenvalue weighted by atomic mass is 9.55. The van der Waals surface area contributed by atoms with Crippen LogP contribution in [0.25, 0.3) is 0 Å². The number of imide groups is 1. The maximum absolute atomic E-state index is 13.7. The van der Waals surface area contributed by atoms with Crippen molar-refractivity contribution in [2.24, 2.45) is 16.9 Å². The Labute approximate surface area is 219 Å². The summed E-state index contributed by atoms with van der Waals surface area (Å²) in [7, 11) is 0. The van der Waals surface area contributed by atoms with Gasteiger partial charge in [-0.25, -0.2) is 0 Å². The molecule has 4 aliphatic rings. The number of amides is 2. The maximum atomic E-state index is 13.7. The van der Waals surface area contributed by atoms with E-state index < -0.39 is 11.8 Å². The molecule has 7 heteroatoms. The highest BCUT2D eigenvalue weighted by atomic mass is 35.5. The van der Waals surface area contributed by atoms with Crippen molar-refractivity contribution < 1.29 is 19.1 Å². The van der Waals surface area contributed by atoms with E-state index in [9.17, 15) is 9.59 Å². The summed E-state index contributed by atoms with van der Waals surface area (Å²) in [6.07, 6.45) is 6.76. The predicted molar refractivity (Wildman–Crippen MR) is 140 cm³/mol. The lowest BCUT2D eigenvalue weighted by Gasteiger charge is -2.45. The van der Waals surface area contributed by atoms with E-state index in [0.29, 0.717) is 28.7 Å². The van der Waals surface area contributed by atoms with Gasteiger partial charge in [-0.05, 0) is 46.9 Å². The molecule has 2 bridgehead atoms. The number of hydrogen-bond donors (Lipinski definition) is 0. The molecule has 0 spiro atoms. The van der Waals surface area contributed by atoms with E-state index >= 15 is 0 Å². The Morgan fingerprint density at radius 3 is 1.97 bits per heavy atom. The van der Waals surface area contributed by atoms with Gasteiger partial charge in [-0.15, -0.1) is 6.42 Å². The molecule has 184 valence electrons. The molecule has 0 N–H and O–H groups in total. The molecule has 0 aromatic heterocycles. The van der Waals surface area contributed by atoms with E-state index in [1.165, 1.54) is 6.21 Å². The molecule has 0 radical (unpaired) electrons. The van der Waals surface area contributed by atoms with Crippen LogP contribution in [0.1, 0.15) is 46.6 Å². The number of rotatable bonds is 6. The van der Waals surface area contributed by atoms with Gasteiger partial charge in [0, 0.05) is 11.8 Å². The normalized spacial score (nSPS) is 23.0. The zero-order valence-electron chi connectivity index (χ0n) is 20.1. The Morgan fingerprint density at radius 1 is 0.946 bits per heavy atom. The lowest BCUT2D eigenvalue weighted by molar-refractivity contribution is -0.139. The summed E-state index contributed by atoms with van der Waals surface area (Å²) in [5.74, 6) is 1.26. The van der Waals surface area contributed by atoms with Crippen molar-refractivity contribution in [1.82, 2.24) is 5.01 Å². The molecule has 3 aromatic carbocycles. The standard InChI is InChI=1S/C30H23ClN2O4/c1-3-13-37-28-22(31)14-17(15-23(28)36-4-2)16-32-33-29(34)26-24-18-9-5-6-10-19(18)25(27(26)30(33)35)21-12-8-7-11-20(21)24/h1,5-12,14-16,24-27H,4,13H2,2H3/b32-16-/t24?,25?,26-,27-/m1/s1. The Kier molecular flexibility index (Phi) is 5.73. The van der Waals surface area contributed by atoms with Crippen molar-refractivity contribution in [3.63, 3.8) is 0 Å². The van der Waals surface area contributed by atoms with Crippen molar-refractivity contribution in [2.45, 2.75) is 18.8 Å². The van der Waals surface area contributed by atoms with E-state index in [1.54, 1.807) is 12.1 Å². The summed E-state index contributed by atoms with van der Waals surface area (Å²) < 4.78 is 11.2. The molecule has 2 amide bonds. The highest BCUT2D eigenvalue weighted by Crippen LogP contribution is 2.61. The summed E-state index contributed by atoms with van der Waals surface area (Å²) in [5.41, 5.74) is 5.04. The molecule has 3 aliphatic carbocycles. The molecule has 1 aliphatic heterocycles. The van der Waals surface area contributed by atoms with E-state index in [1.807, 2.05) is 31.2 Å². The van der Waals surface area contributed by atoms with Gasteiger partial charge >= 0.3 is 0 Å². The summed E-state index contributed by atoms with van der Waals surface area (Å²) in [6.45, 7) is 2.27. The molecule has 7 rings (SSSR count). The molecular weight excluding hydrogens is 488 g/mol. The minimum atomic E-state index is -0.485. The molecule has 1 heterocycles. The second kappa shape index (κ2) is 9.10. The van der Waals surface area contributed by atoms with Gasteiger partial charge in [0.05, 0.1) is 29.7 Å². The first kappa shape index (κ1) is 23.3. The third kappa shape index (κ3) is 3.53. The third-order valence-electron chi connectivity index (χ3n) is 7.38. The van der Waals surface area contributed by atoms with E-state index in [2.05, 4.69) is 35.3 Å². The Morgan fingerprint density at radius 2 is 1.49 bits per heavy atom. The van der Waals surface area contributed by atoms with Crippen LogP contribution in [0.2, 0.25) is 5.02 Å². The third-order valence-corrected chi connectivity index (χ3v) is 7.66. The van der Waals surface area contributed by atoms with Crippen LogP contribution >= 0.6 is 11.6 Å². The monoisotopic (exact) mass is 510 g/mol. The minimum absolute atomic E-state index is 0.0416. The number of carbonyl (C=O) groups excluding carboxylic acids is 2. The van der Waals surface area contributed by atoms with Gasteiger partial charge in [-0.2, -0.15) is 10.1 Å². The van der Waals surface area contributed by atoms with Crippen molar-refractivity contribution in [1.29, 1.82) is 0 Å². The number of ether oxygens (including phenoxy) is 2. The van der Waals surface area contributed by atoms with E-state index in [-0.39, 0.29) is 30.3 Å². The topological polar surface area (TPSA) is 68.2 Å². The van der Waals surface area contributed by atoms with E-state index in [0.717, 1.165) is 27.3 Å². The number of terminal acetylenes is 1. The second-order valence-corrected chi connectivity index (χ2v) is 9.66. The number of nitrogens with zero attached hydrogens (tertiary/aromatic N) is 2. The first-order chi connectivity index (χ1) is 18.0. The Balaban J connectivity index is 1.36. The fourth-order valence-electron chi connectivity index (χ4n) is 6.08. The summed E-state index contributed by atoms with van der Waals surface area (Å²) >= 11 is 6.43. The quantitative estimate of drug-likeness (QED) is 0.266. The smallest absolute Gasteiger partial charge is 0.254 e. The number of benzene rings is 3. The van der Waals surface area contributed by atoms with Crippen LogP contribution in [0.3, 0.4) is 0 Å². The van der Waals surface area contributed by atoms with Crippen molar-refractivity contribution in [2.75, 3.05) is 13.2 Å². The van der Waals surface area contributed by atoms with Crippen LogP contribution < -0.4 is 9.47 Å². The Bertz CT molecular complexity index is 1390. The molecular formula is C30H23ClN2O4. The maximum Gasteiger partial charge on any atom is 0.254 e. The molecule has 1 saturated heterocycles. The van der Waals surface area contributed by atoms with Crippen molar-refractivity contribution in [3.8, 4) is 23.8 Å². The van der Waals surface area contributed by atoms with Gasteiger partial charge in [0.15, 0.2) is 11.5 Å². The minimum Gasteiger partial charge on any atom is -0.490 e. The van der Waals surface area contributed by atoms with Gasteiger partial charge in [-0.1, -0.05) is 66.1 Å². The van der Waals surface area contributed by atoms with Crippen LogP contribution in [0.5, 0.6) is 11.5 Å². The summed E-state index contributed by atoms with van der Waals surface area (Å²) in [5, 5.41) is 5.68. The second-order valence-electron chi connectivity index (χ2n) is 9.25. The van der Waals surface area contributed by atoms with Crippen molar-refractivity contribution in [3.05, 3.63) is 93.5 Å². The number of carbonyl (C=O) groups is 2. The highest BCUT2D eigenvalue weighted by Gasteiger charge is 2.61. The molecule has 0 unspecified atom stereocenters. The van der Waals surface area contributed by atoms with Crippen LogP contribution in [0.4, 0.5) is 0 Å². The zero-order chi connectivity index (χ0) is 25.7. The van der Waals surface area contributed by atoms with Gasteiger partial charge in [0.2, 0.25) is 0 Å². The van der Waals surface area contributed by atoms with Gasteiger partial charge < -0.3 is 9.47 Å². The fraction of sp³-hybridized carbons (Fsp3) is 0.233. The molecule has 37 heavy (non-hydrogen) atoms. The van der Waals surface area contributed by atoms with Gasteiger partial charge in [0.1, 0.15) is 6.61 Å². The first-order valence-corrected chi connectivity index (χ1v) is 12.5. The first-order valence-electron chi connectivity index (χ1n) is 12.2. The van der Waals surface area contributed by atoms with Crippen LogP contribution in [0, 0.1) is 24.2 Å². The molecule has 2 atom stereocenters. The summed E-state index contributed by atoms with van der Waals surface area (Å²) in [6, 6.07) is 19.6. The molecule has 6 nitrogen and oxygen atoms in total. The van der Waals surface area contributed by atoms with Crippen LogP contribution in [-0.2, 0) is 9.59 Å². The largest absolute Gasteiger partial charge is 0.490 e. The highest BCUT2D eigenvalue weighted by molar-refractivity contribution is 6.32. The van der Waals surface area contributed by atoms with Gasteiger partial charge in [-0.3, -0.25) is 9.59 Å². The Hall–Kier alpha value is -4.08. The SMILES string of the molecule is C#CCOc1c(Cl)cc(/C=N\N2C(=O)[C@@H]3C4c5ccccc5C(c5ccccc54)[C@H]3C2=O)cc1OCC. The average Bonchev–Trinajstić information content (AvgIpc) is 3.17. The number of halogens is 1. The number of hydrazone groups is 1. The summed E-state index contributed by atoms with van der Waals surface area (Å²) in [4.78, 5) is 27.4. The van der Waals surface area contributed by atoms with Gasteiger partial charge in [0.25, 0.3) is 11.8 Å². The van der Waals surface area contributed by atoms with E-state index in [4.69, 9.17) is 27.5 Å². The lowest BCUT2D eigenvalue weighted by Crippen LogP contribution is -2.41. The van der Waals surface area contributed by atoms with Crippen LogP contribution in [0.15, 0.2) is 65.8 Å². The fourth-order valence-corrected chi connectivity index (χ4v) is 6.35. The average molecular weight is 511 g/mol. The molecule has 3 aromatic rings. The van der Waals surface area contributed by atoms with Crippen molar-refractivity contribution >= 4 is 29.6 Å². The van der Waals surface area contributed by atoms with Crippen LogP contribution in [-0.4, -0.2) is 36.3 Å². The molecule has 0 saturated carbocycles. The predicted octanol–water partition coefficient (Wildman–Crippen LogP) is 4.98. The number of hydrogen-bond acceptors (Lipinski definition) is 5. The molecule has 1 fully saturated rings.